The highest BCUT2D eigenvalue weighted by Gasteiger charge is 2.36. The molecule has 1 aromatic carbocycles. The van der Waals surface area contributed by atoms with E-state index in [0.29, 0.717) is 16.8 Å². The van der Waals surface area contributed by atoms with Crippen molar-refractivity contribution in [2.75, 3.05) is 11.3 Å². The monoisotopic (exact) mass is 381 g/mol. The standard InChI is InChI=1S/C19H15N3O4S/c1-27(24,25)26-22-18-7-6-13(14-4-2-8-20-12-14)10-16(18)17(19(22)23)11-15-5-3-9-21-15/h2-12,21H,1H3/b17-11-. The van der Waals surface area contributed by atoms with Gasteiger partial charge in [-0.2, -0.15) is 13.5 Å². The van der Waals surface area contributed by atoms with Crippen molar-refractivity contribution >= 4 is 33.4 Å². The molecule has 3 heterocycles. The number of hydrogen-bond acceptors (Lipinski definition) is 5. The van der Waals surface area contributed by atoms with E-state index in [1.807, 2.05) is 30.3 Å². The average molecular weight is 381 g/mol. The molecule has 1 aliphatic rings. The molecule has 0 atom stereocenters. The van der Waals surface area contributed by atoms with Crippen LogP contribution in [0.25, 0.3) is 22.8 Å². The van der Waals surface area contributed by atoms with Gasteiger partial charge in [0, 0.05) is 35.4 Å². The lowest BCUT2D eigenvalue weighted by molar-refractivity contribution is -0.116. The number of pyridine rings is 1. The molecule has 1 N–H and O–H groups in total. The Morgan fingerprint density at radius 3 is 2.67 bits per heavy atom. The van der Waals surface area contributed by atoms with Crippen molar-refractivity contribution < 1.29 is 17.5 Å². The molecule has 4 rings (SSSR count). The van der Waals surface area contributed by atoms with Crippen molar-refractivity contribution in [1.82, 2.24) is 9.97 Å². The quantitative estimate of drug-likeness (QED) is 0.702. The first-order valence-electron chi connectivity index (χ1n) is 8.06. The SMILES string of the molecule is CS(=O)(=O)ON1C(=O)/C(=C\c2ccc[nH]2)c2cc(-c3cccnc3)ccc21. The van der Waals surface area contributed by atoms with Gasteiger partial charge in [0.2, 0.25) is 0 Å². The average Bonchev–Trinajstić information content (AvgIpc) is 3.24. The number of hydrogen-bond donors (Lipinski definition) is 1. The van der Waals surface area contributed by atoms with Crippen molar-refractivity contribution in [2.24, 2.45) is 0 Å². The Bertz CT molecular complexity index is 1140. The van der Waals surface area contributed by atoms with Crippen molar-refractivity contribution in [3.63, 3.8) is 0 Å². The summed E-state index contributed by atoms with van der Waals surface area (Å²) >= 11 is 0. The van der Waals surface area contributed by atoms with Gasteiger partial charge in [0.05, 0.1) is 17.5 Å². The van der Waals surface area contributed by atoms with Crippen LogP contribution < -0.4 is 5.06 Å². The summed E-state index contributed by atoms with van der Waals surface area (Å²) in [7, 11) is -3.87. The number of nitrogens with one attached hydrogen (secondary N) is 1. The first-order chi connectivity index (χ1) is 12.9. The predicted molar refractivity (Wildman–Crippen MR) is 102 cm³/mol. The molecule has 0 saturated carbocycles. The summed E-state index contributed by atoms with van der Waals surface area (Å²) in [6, 6.07) is 12.6. The molecule has 3 aromatic rings. The molecule has 8 heteroatoms. The first-order valence-corrected chi connectivity index (χ1v) is 9.88. The van der Waals surface area contributed by atoms with Gasteiger partial charge in [0.15, 0.2) is 0 Å². The van der Waals surface area contributed by atoms with Crippen molar-refractivity contribution in [3.8, 4) is 11.1 Å². The summed E-state index contributed by atoms with van der Waals surface area (Å²) in [5.41, 5.74) is 3.75. The molecule has 1 aliphatic heterocycles. The van der Waals surface area contributed by atoms with E-state index in [9.17, 15) is 13.2 Å². The van der Waals surface area contributed by atoms with Crippen LogP contribution in [0.2, 0.25) is 0 Å². The fourth-order valence-corrected chi connectivity index (χ4v) is 3.33. The minimum atomic E-state index is -3.87. The largest absolute Gasteiger partial charge is 0.362 e. The van der Waals surface area contributed by atoms with Crippen LogP contribution in [-0.4, -0.2) is 30.5 Å². The summed E-state index contributed by atoms with van der Waals surface area (Å²) in [6.45, 7) is 0. The van der Waals surface area contributed by atoms with Crippen LogP contribution in [-0.2, 0) is 19.2 Å². The zero-order chi connectivity index (χ0) is 19.0. The number of aromatic amines is 1. The number of carbonyl (C=O) groups is 1. The second-order valence-electron chi connectivity index (χ2n) is 6.04. The third kappa shape index (κ3) is 3.40. The molecule has 0 saturated heterocycles. The molecule has 0 unspecified atom stereocenters. The van der Waals surface area contributed by atoms with Crippen LogP contribution in [0, 0.1) is 0 Å². The number of carbonyl (C=O) groups excluding carboxylic acids is 1. The van der Waals surface area contributed by atoms with Crippen LogP contribution in [0.3, 0.4) is 0 Å². The Balaban J connectivity index is 1.87. The van der Waals surface area contributed by atoms with Crippen molar-refractivity contribution in [2.45, 2.75) is 0 Å². The number of fused-ring (bicyclic) bond motifs is 1. The molecule has 2 aromatic heterocycles. The summed E-state index contributed by atoms with van der Waals surface area (Å²) in [5, 5.41) is 0.812. The van der Waals surface area contributed by atoms with Gasteiger partial charge in [0.1, 0.15) is 0 Å². The second kappa shape index (κ2) is 6.49. The van der Waals surface area contributed by atoms with E-state index in [1.54, 1.807) is 36.8 Å². The molecule has 0 radical (unpaired) electrons. The Hall–Kier alpha value is -3.23. The van der Waals surface area contributed by atoms with Gasteiger partial charge < -0.3 is 4.98 Å². The molecule has 0 spiro atoms. The van der Waals surface area contributed by atoms with Crippen molar-refractivity contribution in [3.05, 3.63) is 72.3 Å². The van der Waals surface area contributed by atoms with Gasteiger partial charge in [-0.15, -0.1) is 4.28 Å². The van der Waals surface area contributed by atoms with E-state index in [0.717, 1.165) is 28.1 Å². The number of rotatable bonds is 4. The maximum absolute atomic E-state index is 12.9. The molecule has 136 valence electrons. The van der Waals surface area contributed by atoms with E-state index in [1.165, 1.54) is 0 Å². The third-order valence-corrected chi connectivity index (χ3v) is 4.47. The maximum Gasteiger partial charge on any atom is 0.285 e. The maximum atomic E-state index is 12.9. The first kappa shape index (κ1) is 17.2. The van der Waals surface area contributed by atoms with Crippen LogP contribution in [0.1, 0.15) is 11.3 Å². The molecule has 27 heavy (non-hydrogen) atoms. The minimum absolute atomic E-state index is 0.335. The van der Waals surface area contributed by atoms with Gasteiger partial charge in [-0.1, -0.05) is 12.1 Å². The fourth-order valence-electron chi connectivity index (χ4n) is 2.91. The molecule has 0 bridgehead atoms. The van der Waals surface area contributed by atoms with Gasteiger partial charge >= 0.3 is 0 Å². The Labute approximate surface area is 156 Å². The topological polar surface area (TPSA) is 92.4 Å². The van der Waals surface area contributed by atoms with E-state index >= 15 is 0 Å². The van der Waals surface area contributed by atoms with E-state index in [4.69, 9.17) is 4.28 Å². The molecular weight excluding hydrogens is 366 g/mol. The van der Waals surface area contributed by atoms with Gasteiger partial charge in [-0.05, 0) is 42.0 Å². The minimum Gasteiger partial charge on any atom is -0.362 e. The number of nitrogens with zero attached hydrogens (tertiary/aromatic N) is 2. The lowest BCUT2D eigenvalue weighted by Gasteiger charge is -2.14. The highest BCUT2D eigenvalue weighted by Crippen LogP contribution is 2.40. The zero-order valence-corrected chi connectivity index (χ0v) is 15.1. The fraction of sp³-hybridized carbons (Fsp3) is 0.0526. The normalized spacial score (nSPS) is 15.4. The summed E-state index contributed by atoms with van der Waals surface area (Å²) in [6.07, 6.45) is 7.70. The highest BCUT2D eigenvalue weighted by atomic mass is 32.2. The van der Waals surface area contributed by atoms with E-state index < -0.39 is 16.0 Å². The number of hydroxylamine groups is 1. The Morgan fingerprint density at radius 2 is 2.00 bits per heavy atom. The molecular formula is C19H15N3O4S. The van der Waals surface area contributed by atoms with Crippen LogP contribution >= 0.6 is 0 Å². The molecule has 0 fully saturated rings. The number of aromatic nitrogens is 2. The number of H-pyrrole nitrogens is 1. The zero-order valence-electron chi connectivity index (χ0n) is 14.3. The van der Waals surface area contributed by atoms with Crippen LogP contribution in [0.4, 0.5) is 5.69 Å². The van der Waals surface area contributed by atoms with E-state index in [2.05, 4.69) is 9.97 Å². The molecule has 0 aliphatic carbocycles. The summed E-state index contributed by atoms with van der Waals surface area (Å²) < 4.78 is 28.1. The lowest BCUT2D eigenvalue weighted by atomic mass is 10.00. The van der Waals surface area contributed by atoms with Gasteiger partial charge in [0.25, 0.3) is 16.0 Å². The number of benzene rings is 1. The van der Waals surface area contributed by atoms with Crippen molar-refractivity contribution in [1.29, 1.82) is 0 Å². The summed E-state index contributed by atoms with van der Waals surface area (Å²) in [4.78, 5) is 20.0. The number of anilines is 1. The highest BCUT2D eigenvalue weighted by molar-refractivity contribution is 7.86. The van der Waals surface area contributed by atoms with Gasteiger partial charge in [-0.25, -0.2) is 0 Å². The second-order valence-corrected chi connectivity index (χ2v) is 7.59. The Morgan fingerprint density at radius 1 is 1.15 bits per heavy atom. The molecule has 7 nitrogen and oxygen atoms in total. The number of amides is 1. The van der Waals surface area contributed by atoms with Crippen LogP contribution in [0.5, 0.6) is 0 Å². The Kier molecular flexibility index (Phi) is 4.14. The van der Waals surface area contributed by atoms with Crippen LogP contribution in [0.15, 0.2) is 61.1 Å². The summed E-state index contributed by atoms with van der Waals surface area (Å²) in [5.74, 6) is -0.548. The lowest BCUT2D eigenvalue weighted by Crippen LogP contribution is -2.29. The van der Waals surface area contributed by atoms with Gasteiger partial charge in [-0.3, -0.25) is 9.78 Å². The van der Waals surface area contributed by atoms with E-state index in [-0.39, 0.29) is 0 Å². The molecule has 1 amide bonds. The smallest absolute Gasteiger partial charge is 0.285 e. The third-order valence-electron chi connectivity index (χ3n) is 4.05. The predicted octanol–water partition coefficient (Wildman–Crippen LogP) is 2.86.